The first-order valence-electron chi connectivity index (χ1n) is 8.74. The van der Waals surface area contributed by atoms with Crippen molar-refractivity contribution in [3.63, 3.8) is 0 Å². The number of hydrogen-bond acceptors (Lipinski definition) is 6. The second-order valence-corrected chi connectivity index (χ2v) is 9.09. The first kappa shape index (κ1) is 18.7. The fourth-order valence-electron chi connectivity index (χ4n) is 2.99. The van der Waals surface area contributed by atoms with E-state index in [2.05, 4.69) is 20.0 Å². The monoisotopic (exact) mass is 414 g/mol. The maximum Gasteiger partial charge on any atom is 0.240 e. The number of fused-ring (bicyclic) bond motifs is 1. The third-order valence-electron chi connectivity index (χ3n) is 4.56. The molecule has 3 aromatic rings. The smallest absolute Gasteiger partial charge is 0.240 e. The Morgan fingerprint density at radius 3 is 2.89 bits per heavy atom. The lowest BCUT2D eigenvalue weighted by Crippen LogP contribution is -2.26. The van der Waals surface area contributed by atoms with Crippen molar-refractivity contribution in [3.05, 3.63) is 59.2 Å². The highest BCUT2D eigenvalue weighted by Gasteiger charge is 2.28. The summed E-state index contributed by atoms with van der Waals surface area (Å²) >= 11 is 1.48. The van der Waals surface area contributed by atoms with Crippen LogP contribution in [0, 0.1) is 0 Å². The molecule has 144 valence electrons. The third kappa shape index (κ3) is 3.68. The van der Waals surface area contributed by atoms with Crippen LogP contribution in [0.4, 0.5) is 5.69 Å². The molecule has 0 unspecified atom stereocenters. The van der Waals surface area contributed by atoms with E-state index in [9.17, 15) is 13.2 Å². The summed E-state index contributed by atoms with van der Waals surface area (Å²) in [7, 11) is -3.66. The van der Waals surface area contributed by atoms with E-state index >= 15 is 0 Å². The van der Waals surface area contributed by atoms with Gasteiger partial charge in [-0.05, 0) is 42.8 Å². The van der Waals surface area contributed by atoms with Gasteiger partial charge < -0.3 is 5.32 Å². The van der Waals surface area contributed by atoms with Crippen LogP contribution in [-0.2, 0) is 21.2 Å². The summed E-state index contributed by atoms with van der Waals surface area (Å²) in [6.45, 7) is 1.99. The molecule has 1 amide bonds. The number of nitrogens with zero attached hydrogens (tertiary/aromatic N) is 2. The Labute approximate surface area is 166 Å². The summed E-state index contributed by atoms with van der Waals surface area (Å²) in [6, 6.07) is 10.3. The Hall–Kier alpha value is -2.62. The standard InChI is InChI=1S/C19H18N4O3S2/c1-12-15-10-14(5-6-16(15)23-18(12)24)28(25,26)21-9-7-13-11-27-19(22-13)17-4-2-3-8-20-17/h2-6,8,10-12,21H,7,9H2,1H3,(H,23,24)/t12-/m0/s1. The van der Waals surface area contributed by atoms with Gasteiger partial charge in [0.05, 0.1) is 22.2 Å². The number of thiazole rings is 1. The lowest BCUT2D eigenvalue weighted by Gasteiger charge is -2.08. The molecule has 28 heavy (non-hydrogen) atoms. The highest BCUT2D eigenvalue weighted by molar-refractivity contribution is 7.89. The Bertz CT molecular complexity index is 1130. The van der Waals surface area contributed by atoms with E-state index < -0.39 is 10.0 Å². The zero-order valence-corrected chi connectivity index (χ0v) is 16.7. The zero-order valence-electron chi connectivity index (χ0n) is 15.0. The number of sulfonamides is 1. The van der Waals surface area contributed by atoms with Gasteiger partial charge in [0, 0.05) is 30.2 Å². The molecule has 1 aliphatic heterocycles. The van der Waals surface area contributed by atoms with E-state index in [0.717, 1.165) is 16.4 Å². The van der Waals surface area contributed by atoms with Crippen LogP contribution in [0.3, 0.4) is 0 Å². The first-order chi connectivity index (χ1) is 13.4. The van der Waals surface area contributed by atoms with Gasteiger partial charge in [-0.3, -0.25) is 9.78 Å². The van der Waals surface area contributed by atoms with Crippen molar-refractivity contribution in [1.29, 1.82) is 0 Å². The normalized spacial score (nSPS) is 16.0. The molecule has 0 saturated heterocycles. The molecule has 0 saturated carbocycles. The van der Waals surface area contributed by atoms with E-state index in [0.29, 0.717) is 17.7 Å². The Kier molecular flexibility index (Phi) is 4.96. The molecule has 3 heterocycles. The molecule has 2 aromatic heterocycles. The van der Waals surface area contributed by atoms with Crippen molar-refractivity contribution in [2.24, 2.45) is 0 Å². The van der Waals surface area contributed by atoms with E-state index in [1.165, 1.54) is 17.4 Å². The van der Waals surface area contributed by atoms with E-state index in [4.69, 9.17) is 0 Å². The maximum absolute atomic E-state index is 12.6. The highest BCUT2D eigenvalue weighted by Crippen LogP contribution is 2.33. The summed E-state index contributed by atoms with van der Waals surface area (Å²) in [5.74, 6) is -0.477. The molecule has 2 N–H and O–H groups in total. The predicted octanol–water partition coefficient (Wildman–Crippen LogP) is 2.78. The molecule has 0 spiro atoms. The molecule has 9 heteroatoms. The molecule has 1 aromatic carbocycles. The van der Waals surface area contributed by atoms with Gasteiger partial charge in [-0.15, -0.1) is 11.3 Å². The fourth-order valence-corrected chi connectivity index (χ4v) is 4.88. The van der Waals surface area contributed by atoms with Crippen LogP contribution >= 0.6 is 11.3 Å². The van der Waals surface area contributed by atoms with Crippen LogP contribution in [0.25, 0.3) is 10.7 Å². The Morgan fingerprint density at radius 2 is 2.11 bits per heavy atom. The highest BCUT2D eigenvalue weighted by atomic mass is 32.2. The second-order valence-electron chi connectivity index (χ2n) is 6.47. The fraction of sp³-hybridized carbons (Fsp3) is 0.211. The largest absolute Gasteiger partial charge is 0.325 e. The van der Waals surface area contributed by atoms with E-state index in [1.807, 2.05) is 23.6 Å². The number of hydrogen-bond donors (Lipinski definition) is 2. The number of nitrogens with one attached hydrogen (secondary N) is 2. The Morgan fingerprint density at radius 1 is 1.25 bits per heavy atom. The van der Waals surface area contributed by atoms with Gasteiger partial charge in [0.2, 0.25) is 15.9 Å². The molecule has 0 bridgehead atoms. The molecular formula is C19H18N4O3S2. The summed E-state index contributed by atoms with van der Waals surface area (Å²) in [6.07, 6.45) is 2.19. The van der Waals surface area contributed by atoms with Crippen molar-refractivity contribution in [2.75, 3.05) is 11.9 Å². The summed E-state index contributed by atoms with van der Waals surface area (Å²) in [5.41, 5.74) is 2.98. The van der Waals surface area contributed by atoms with Gasteiger partial charge in [-0.25, -0.2) is 18.1 Å². The topological polar surface area (TPSA) is 101 Å². The number of anilines is 1. The second kappa shape index (κ2) is 7.42. The van der Waals surface area contributed by atoms with Gasteiger partial charge in [-0.1, -0.05) is 6.07 Å². The van der Waals surface area contributed by atoms with Crippen molar-refractivity contribution < 1.29 is 13.2 Å². The quantitative estimate of drug-likeness (QED) is 0.646. The Balaban J connectivity index is 1.41. The molecule has 1 atom stereocenters. The van der Waals surface area contributed by atoms with Crippen LogP contribution in [0.2, 0.25) is 0 Å². The zero-order chi connectivity index (χ0) is 19.7. The average Bonchev–Trinajstić information content (AvgIpc) is 3.27. The number of carbonyl (C=O) groups excluding carboxylic acids is 1. The summed E-state index contributed by atoms with van der Waals surface area (Å²) < 4.78 is 27.8. The van der Waals surface area contributed by atoms with Crippen molar-refractivity contribution >= 4 is 33.0 Å². The number of aromatic nitrogens is 2. The first-order valence-corrected chi connectivity index (χ1v) is 11.1. The van der Waals surface area contributed by atoms with Crippen LogP contribution in [-0.4, -0.2) is 30.8 Å². The van der Waals surface area contributed by atoms with Crippen molar-refractivity contribution in [1.82, 2.24) is 14.7 Å². The molecule has 1 aliphatic rings. The van der Waals surface area contributed by atoms with Gasteiger partial charge in [0.15, 0.2) is 0 Å². The van der Waals surface area contributed by atoms with Crippen molar-refractivity contribution in [2.45, 2.75) is 24.2 Å². The minimum Gasteiger partial charge on any atom is -0.325 e. The number of rotatable bonds is 6. The van der Waals surface area contributed by atoms with Crippen LogP contribution in [0.5, 0.6) is 0 Å². The van der Waals surface area contributed by atoms with Crippen LogP contribution < -0.4 is 10.0 Å². The minimum absolute atomic E-state index is 0.121. The lowest BCUT2D eigenvalue weighted by molar-refractivity contribution is -0.116. The predicted molar refractivity (Wildman–Crippen MR) is 108 cm³/mol. The number of amides is 1. The van der Waals surface area contributed by atoms with E-state index in [1.54, 1.807) is 25.3 Å². The molecule has 0 radical (unpaired) electrons. The number of carbonyl (C=O) groups is 1. The number of pyridine rings is 1. The van der Waals surface area contributed by atoms with Crippen LogP contribution in [0.15, 0.2) is 52.9 Å². The van der Waals surface area contributed by atoms with E-state index in [-0.39, 0.29) is 23.3 Å². The maximum atomic E-state index is 12.6. The average molecular weight is 415 g/mol. The molecular weight excluding hydrogens is 396 g/mol. The SMILES string of the molecule is C[C@@H]1C(=O)Nc2ccc(S(=O)(=O)NCCc3csc(-c4ccccn4)n3)cc21. The summed E-state index contributed by atoms with van der Waals surface area (Å²) in [4.78, 5) is 20.7. The molecule has 4 rings (SSSR count). The third-order valence-corrected chi connectivity index (χ3v) is 6.93. The van der Waals surface area contributed by atoms with Gasteiger partial charge in [0.25, 0.3) is 0 Å². The van der Waals surface area contributed by atoms with Gasteiger partial charge in [-0.2, -0.15) is 0 Å². The summed E-state index contributed by atoms with van der Waals surface area (Å²) in [5, 5.41) is 5.46. The molecule has 7 nitrogen and oxygen atoms in total. The van der Waals surface area contributed by atoms with Gasteiger partial charge in [0.1, 0.15) is 5.01 Å². The van der Waals surface area contributed by atoms with Crippen molar-refractivity contribution in [3.8, 4) is 10.7 Å². The molecule has 0 fully saturated rings. The minimum atomic E-state index is -3.66. The number of benzene rings is 1. The van der Waals surface area contributed by atoms with Crippen LogP contribution in [0.1, 0.15) is 24.1 Å². The molecule has 0 aliphatic carbocycles. The van der Waals surface area contributed by atoms with Gasteiger partial charge >= 0.3 is 0 Å². The lowest BCUT2D eigenvalue weighted by atomic mass is 10.0.